The van der Waals surface area contributed by atoms with Crippen LogP contribution in [0, 0.1) is 0 Å². The molecular formula is C22H14Cl2N2O2S. The van der Waals surface area contributed by atoms with Crippen molar-refractivity contribution in [2.24, 2.45) is 0 Å². The number of rotatable bonds is 5. The summed E-state index contributed by atoms with van der Waals surface area (Å²) in [5.74, 6) is -0.161. The largest absolute Gasteiger partial charge is 0.330 e. The monoisotopic (exact) mass is 440 g/mol. The van der Waals surface area contributed by atoms with Crippen molar-refractivity contribution in [2.75, 3.05) is 0 Å². The van der Waals surface area contributed by atoms with E-state index in [0.29, 0.717) is 26.3 Å². The first kappa shape index (κ1) is 19.5. The second-order valence-corrected chi connectivity index (χ2v) is 8.37. The lowest BCUT2D eigenvalue weighted by Gasteiger charge is -2.07. The van der Waals surface area contributed by atoms with Gasteiger partial charge < -0.3 is 4.98 Å². The minimum Gasteiger partial charge on any atom is -0.312 e. The molecule has 0 amide bonds. The number of carbonyl (C=O) groups is 1. The summed E-state index contributed by atoms with van der Waals surface area (Å²) in [6.45, 7) is 0. The molecule has 4 aromatic rings. The molecule has 0 aliphatic heterocycles. The highest BCUT2D eigenvalue weighted by atomic mass is 35.5. The van der Waals surface area contributed by atoms with Gasteiger partial charge in [-0.25, -0.2) is 4.79 Å². The molecule has 2 heterocycles. The van der Waals surface area contributed by atoms with E-state index in [0.717, 1.165) is 10.4 Å². The van der Waals surface area contributed by atoms with Crippen LogP contribution in [0.25, 0.3) is 22.3 Å². The Kier molecular flexibility index (Phi) is 5.53. The molecule has 2 aromatic heterocycles. The molecule has 0 fully saturated rings. The maximum Gasteiger partial charge on any atom is 0.330 e. The van der Waals surface area contributed by atoms with Gasteiger partial charge in [0.05, 0.1) is 20.6 Å². The van der Waals surface area contributed by atoms with Gasteiger partial charge in [-0.05, 0) is 48.0 Å². The number of aromatic nitrogens is 2. The Hall–Kier alpha value is -2.86. The van der Waals surface area contributed by atoms with Gasteiger partial charge in [-0.1, -0.05) is 53.5 Å². The lowest BCUT2D eigenvalue weighted by Crippen LogP contribution is -2.16. The molecule has 0 saturated heterocycles. The van der Waals surface area contributed by atoms with Crippen molar-refractivity contribution >= 4 is 46.4 Å². The van der Waals surface area contributed by atoms with E-state index in [2.05, 4.69) is 4.98 Å². The average molecular weight is 441 g/mol. The number of H-pyrrole nitrogens is 1. The summed E-state index contributed by atoms with van der Waals surface area (Å²) in [6.07, 6.45) is 4.87. The van der Waals surface area contributed by atoms with Gasteiger partial charge in [0.25, 0.3) is 0 Å². The fraction of sp³-hybridized carbons (Fsp3) is 0. The van der Waals surface area contributed by atoms with Gasteiger partial charge in [0.2, 0.25) is 0 Å². The number of benzene rings is 2. The van der Waals surface area contributed by atoms with Crippen LogP contribution < -0.4 is 5.69 Å². The van der Waals surface area contributed by atoms with Gasteiger partial charge in [0, 0.05) is 16.8 Å². The molecule has 0 bridgehead atoms. The molecule has 4 rings (SSSR count). The van der Waals surface area contributed by atoms with E-state index in [-0.39, 0.29) is 11.5 Å². The summed E-state index contributed by atoms with van der Waals surface area (Å²) in [5, 5.41) is 0.640. The van der Waals surface area contributed by atoms with E-state index in [1.54, 1.807) is 54.7 Å². The number of halogens is 2. The van der Waals surface area contributed by atoms with Crippen molar-refractivity contribution in [3.05, 3.63) is 104 Å². The molecule has 4 nitrogen and oxygen atoms in total. The van der Waals surface area contributed by atoms with Crippen molar-refractivity contribution < 1.29 is 4.79 Å². The lowest BCUT2D eigenvalue weighted by atomic mass is 10.1. The maximum atomic E-state index is 12.6. The summed E-state index contributed by atoms with van der Waals surface area (Å²) >= 11 is 13.3. The third-order valence-electron chi connectivity index (χ3n) is 4.29. The number of aromatic amines is 1. The highest BCUT2D eigenvalue weighted by Crippen LogP contribution is 2.31. The number of carbonyl (C=O) groups excluding carboxylic acids is 1. The van der Waals surface area contributed by atoms with E-state index < -0.39 is 0 Å². The van der Waals surface area contributed by atoms with E-state index in [4.69, 9.17) is 23.2 Å². The molecule has 1 N–H and O–H groups in total. The highest BCUT2D eigenvalue weighted by Gasteiger charge is 2.14. The smallest absolute Gasteiger partial charge is 0.312 e. The Labute approximate surface area is 180 Å². The quantitative estimate of drug-likeness (QED) is 0.301. The molecular weight excluding hydrogens is 427 g/mol. The summed E-state index contributed by atoms with van der Waals surface area (Å²) in [6, 6.07) is 17.8. The highest BCUT2D eigenvalue weighted by molar-refractivity contribution is 7.19. The molecule has 0 radical (unpaired) electrons. The zero-order valence-corrected chi connectivity index (χ0v) is 17.3. The second kappa shape index (κ2) is 8.25. The van der Waals surface area contributed by atoms with Crippen LogP contribution in [0.3, 0.4) is 0 Å². The molecule has 2 aromatic carbocycles. The fourth-order valence-electron chi connectivity index (χ4n) is 2.90. The third kappa shape index (κ3) is 4.27. The molecule has 0 unspecified atom stereocenters. The van der Waals surface area contributed by atoms with Crippen LogP contribution in [-0.4, -0.2) is 15.3 Å². The third-order valence-corrected chi connectivity index (χ3v) is 5.79. The predicted molar refractivity (Wildman–Crippen MR) is 120 cm³/mol. The van der Waals surface area contributed by atoms with Crippen LogP contribution in [0.5, 0.6) is 0 Å². The minimum absolute atomic E-state index is 0.161. The van der Waals surface area contributed by atoms with Crippen LogP contribution >= 0.6 is 34.5 Å². The second-order valence-electron chi connectivity index (χ2n) is 6.22. The van der Waals surface area contributed by atoms with Crippen LogP contribution in [0.4, 0.5) is 0 Å². The summed E-state index contributed by atoms with van der Waals surface area (Å²) in [4.78, 5) is 28.6. The van der Waals surface area contributed by atoms with Crippen LogP contribution in [0.1, 0.15) is 15.9 Å². The molecule has 0 atom stereocenters. The van der Waals surface area contributed by atoms with E-state index >= 15 is 0 Å². The van der Waals surface area contributed by atoms with Crippen molar-refractivity contribution in [1.82, 2.24) is 9.55 Å². The average Bonchev–Trinajstić information content (AvgIpc) is 3.32. The van der Waals surface area contributed by atoms with E-state index in [1.165, 1.54) is 22.0 Å². The van der Waals surface area contributed by atoms with Gasteiger partial charge in [0.15, 0.2) is 5.78 Å². The Morgan fingerprint density at radius 3 is 2.55 bits per heavy atom. The number of thiophene rings is 1. The van der Waals surface area contributed by atoms with Gasteiger partial charge in [0.1, 0.15) is 0 Å². The van der Waals surface area contributed by atoms with Crippen LogP contribution in [0.15, 0.2) is 77.7 Å². The zero-order valence-electron chi connectivity index (χ0n) is 14.9. The Morgan fingerprint density at radius 2 is 1.83 bits per heavy atom. The van der Waals surface area contributed by atoms with Crippen molar-refractivity contribution in [3.63, 3.8) is 0 Å². The van der Waals surface area contributed by atoms with Gasteiger partial charge in [-0.2, -0.15) is 0 Å². The first-order chi connectivity index (χ1) is 14.0. The van der Waals surface area contributed by atoms with E-state index in [9.17, 15) is 9.59 Å². The topological polar surface area (TPSA) is 54.9 Å². The molecule has 144 valence electrons. The standard InChI is InChI=1S/C22H14Cl2N2O2S/c23-16-7-4-14(5-8-16)6-9-19(27)15-2-1-3-17(12-15)26-18(13-25-22(26)28)20-10-11-21(24)29-20/h1-13H,(H,25,28). The Balaban J connectivity index is 1.66. The number of imidazole rings is 1. The van der Waals surface area contributed by atoms with Crippen LogP contribution in [0.2, 0.25) is 9.36 Å². The normalized spacial score (nSPS) is 11.2. The summed E-state index contributed by atoms with van der Waals surface area (Å²) < 4.78 is 2.17. The molecule has 0 aliphatic rings. The molecule has 29 heavy (non-hydrogen) atoms. The molecule has 0 saturated carbocycles. The van der Waals surface area contributed by atoms with Crippen LogP contribution in [-0.2, 0) is 0 Å². The first-order valence-electron chi connectivity index (χ1n) is 8.66. The Bertz CT molecular complexity index is 1270. The SMILES string of the molecule is O=C(C=Cc1ccc(Cl)cc1)c1cccc(-n2c(-c3ccc(Cl)s3)c[nH]c2=O)c1. The lowest BCUT2D eigenvalue weighted by molar-refractivity contribution is 0.104. The van der Waals surface area contributed by atoms with Crippen molar-refractivity contribution in [2.45, 2.75) is 0 Å². The number of hydrogen-bond donors (Lipinski definition) is 1. The van der Waals surface area contributed by atoms with Gasteiger partial charge in [-0.3, -0.25) is 9.36 Å². The van der Waals surface area contributed by atoms with E-state index in [1.807, 2.05) is 18.2 Å². The summed E-state index contributed by atoms with van der Waals surface area (Å²) in [7, 11) is 0. The number of ketones is 1. The fourth-order valence-corrected chi connectivity index (χ4v) is 4.07. The van der Waals surface area contributed by atoms with Gasteiger partial charge in [-0.15, -0.1) is 11.3 Å². The number of hydrogen-bond acceptors (Lipinski definition) is 3. The number of nitrogens with zero attached hydrogens (tertiary/aromatic N) is 1. The Morgan fingerprint density at radius 1 is 1.03 bits per heavy atom. The predicted octanol–water partition coefficient (Wildman–Crippen LogP) is 6.10. The zero-order chi connectivity index (χ0) is 20.4. The van der Waals surface area contributed by atoms with Crippen molar-refractivity contribution in [1.29, 1.82) is 0 Å². The number of nitrogens with one attached hydrogen (secondary N) is 1. The molecule has 0 aliphatic carbocycles. The molecule has 7 heteroatoms. The number of allylic oxidation sites excluding steroid dienone is 1. The minimum atomic E-state index is -0.286. The van der Waals surface area contributed by atoms with Gasteiger partial charge >= 0.3 is 5.69 Å². The summed E-state index contributed by atoms with van der Waals surface area (Å²) in [5.41, 5.74) is 2.36. The maximum absolute atomic E-state index is 12.6. The first-order valence-corrected chi connectivity index (χ1v) is 10.2. The molecule has 0 spiro atoms. The van der Waals surface area contributed by atoms with Crippen molar-refractivity contribution in [3.8, 4) is 16.3 Å².